The van der Waals surface area contributed by atoms with Gasteiger partial charge in [-0.15, -0.1) is 12.4 Å². The van der Waals surface area contributed by atoms with E-state index in [0.717, 1.165) is 11.1 Å². The number of sulfone groups is 1. The van der Waals surface area contributed by atoms with Crippen LogP contribution in [0.25, 0.3) is 0 Å². The van der Waals surface area contributed by atoms with Crippen molar-refractivity contribution in [2.24, 2.45) is 0 Å². The van der Waals surface area contributed by atoms with Gasteiger partial charge in [-0.1, -0.05) is 72.8 Å². The number of rotatable bonds is 9. The Bertz CT molecular complexity index is 1020. The second kappa shape index (κ2) is 11.0. The quantitative estimate of drug-likeness (QED) is 0.525. The van der Waals surface area contributed by atoms with Crippen LogP contribution in [0, 0.1) is 0 Å². The van der Waals surface area contributed by atoms with Crippen molar-refractivity contribution in [3.63, 3.8) is 0 Å². The van der Waals surface area contributed by atoms with E-state index in [1.165, 1.54) is 0 Å². The first-order valence-electron chi connectivity index (χ1n) is 9.25. The van der Waals surface area contributed by atoms with Crippen LogP contribution < -0.4 is 5.32 Å². The van der Waals surface area contributed by atoms with Crippen LogP contribution in [-0.4, -0.2) is 31.0 Å². The van der Waals surface area contributed by atoms with Crippen molar-refractivity contribution in [3.8, 4) is 0 Å². The lowest BCUT2D eigenvalue weighted by Gasteiger charge is -2.07. The highest BCUT2D eigenvalue weighted by atomic mass is 35.5. The zero-order chi connectivity index (χ0) is 19.8. The van der Waals surface area contributed by atoms with E-state index in [2.05, 4.69) is 10.4 Å². The largest absolute Gasteiger partial charge is 0.314 e. The summed E-state index contributed by atoms with van der Waals surface area (Å²) in [5.74, 6) is -0.0424. The van der Waals surface area contributed by atoms with Gasteiger partial charge in [0.05, 0.1) is 18.0 Å². The molecule has 1 aromatic heterocycles. The Balaban J connectivity index is 0.00000300. The molecule has 0 unspecified atom stereocenters. The van der Waals surface area contributed by atoms with Gasteiger partial charge in [0, 0.05) is 6.54 Å². The lowest BCUT2D eigenvalue weighted by atomic mass is 10.1. The van der Waals surface area contributed by atoms with Crippen LogP contribution in [0.1, 0.15) is 16.8 Å². The Hall–Kier alpha value is -2.41. The van der Waals surface area contributed by atoms with Gasteiger partial charge in [-0.25, -0.2) is 13.1 Å². The second-order valence-electron chi connectivity index (χ2n) is 6.59. The molecule has 0 atom stereocenters. The maximum atomic E-state index is 12.9. The molecular formula is C22H26ClN3O2S. The van der Waals surface area contributed by atoms with Gasteiger partial charge in [0.2, 0.25) is 0 Å². The van der Waals surface area contributed by atoms with Gasteiger partial charge in [0.15, 0.2) is 14.9 Å². The summed E-state index contributed by atoms with van der Waals surface area (Å²) in [5, 5.41) is 7.77. The van der Waals surface area contributed by atoms with Crippen molar-refractivity contribution >= 4 is 22.2 Å². The molecule has 5 nitrogen and oxygen atoms in total. The van der Waals surface area contributed by atoms with Crippen LogP contribution >= 0.6 is 12.4 Å². The lowest BCUT2D eigenvalue weighted by molar-refractivity contribution is 0.562. The predicted molar refractivity (Wildman–Crippen MR) is 119 cm³/mol. The summed E-state index contributed by atoms with van der Waals surface area (Å²) in [6.45, 7) is 0.945. The van der Waals surface area contributed by atoms with Crippen LogP contribution in [0.15, 0.2) is 83.9 Å². The van der Waals surface area contributed by atoms with E-state index in [0.29, 0.717) is 25.2 Å². The molecule has 0 aliphatic rings. The molecule has 0 spiro atoms. The van der Waals surface area contributed by atoms with Gasteiger partial charge in [0.1, 0.15) is 0 Å². The summed E-state index contributed by atoms with van der Waals surface area (Å²) in [4.78, 5) is 0. The van der Waals surface area contributed by atoms with Gasteiger partial charge < -0.3 is 5.32 Å². The third-order valence-corrected chi connectivity index (χ3v) is 5.92. The van der Waals surface area contributed by atoms with E-state index in [4.69, 9.17) is 0 Å². The molecule has 0 bridgehead atoms. The van der Waals surface area contributed by atoms with E-state index in [-0.39, 0.29) is 23.2 Å². The van der Waals surface area contributed by atoms with Gasteiger partial charge in [0.25, 0.3) is 0 Å². The standard InChI is InChI=1S/C22H25N3O2S.ClH/c1-23-17-21-16-22(25(24-21)18-20-13-6-3-7-14-20)28(26,27)15-9-8-12-19-10-4-2-5-11-19;/h2-11,13-14,16,23H,12,15,17-18H2,1H3;1H. The average molecular weight is 432 g/mol. The minimum atomic E-state index is -3.48. The van der Waals surface area contributed by atoms with Crippen molar-refractivity contribution < 1.29 is 8.42 Å². The number of nitrogens with one attached hydrogen (secondary N) is 1. The van der Waals surface area contributed by atoms with Crippen LogP contribution in [-0.2, 0) is 29.3 Å². The molecule has 3 aromatic rings. The molecular weight excluding hydrogens is 406 g/mol. The molecule has 1 N–H and O–H groups in total. The van der Waals surface area contributed by atoms with Crippen molar-refractivity contribution in [1.82, 2.24) is 15.1 Å². The number of allylic oxidation sites excluding steroid dienone is 1. The lowest BCUT2D eigenvalue weighted by Crippen LogP contribution is -2.14. The van der Waals surface area contributed by atoms with E-state index >= 15 is 0 Å². The molecule has 3 rings (SSSR count). The average Bonchev–Trinajstić information content (AvgIpc) is 3.10. The zero-order valence-electron chi connectivity index (χ0n) is 16.4. The van der Waals surface area contributed by atoms with Crippen molar-refractivity contribution in [3.05, 3.63) is 95.7 Å². The molecule has 0 aliphatic carbocycles. The number of hydrogen-bond donors (Lipinski definition) is 1. The molecule has 1 heterocycles. The first kappa shape index (κ1) is 22.9. The molecule has 0 saturated carbocycles. The van der Waals surface area contributed by atoms with E-state index in [1.807, 2.05) is 73.8 Å². The SMILES string of the molecule is CNCc1cc(S(=O)(=O)CC=CCc2ccccc2)n(Cc2ccccc2)n1.Cl. The first-order valence-corrected chi connectivity index (χ1v) is 10.9. The fourth-order valence-corrected chi connectivity index (χ4v) is 4.25. The Morgan fingerprint density at radius 2 is 1.59 bits per heavy atom. The normalized spacial score (nSPS) is 11.5. The summed E-state index contributed by atoms with van der Waals surface area (Å²) in [5.41, 5.74) is 2.88. The van der Waals surface area contributed by atoms with Crippen molar-refractivity contribution in [2.75, 3.05) is 12.8 Å². The van der Waals surface area contributed by atoms with Crippen LogP contribution in [0.2, 0.25) is 0 Å². The molecule has 0 radical (unpaired) electrons. The number of hydrogen-bond acceptors (Lipinski definition) is 4. The molecule has 0 fully saturated rings. The highest BCUT2D eigenvalue weighted by Gasteiger charge is 2.20. The molecule has 154 valence electrons. The van der Waals surface area contributed by atoms with Gasteiger partial charge in [-0.2, -0.15) is 5.10 Å². The van der Waals surface area contributed by atoms with Crippen LogP contribution in [0.4, 0.5) is 0 Å². The first-order chi connectivity index (χ1) is 13.6. The summed E-state index contributed by atoms with van der Waals surface area (Å²) < 4.78 is 27.5. The Labute approximate surface area is 178 Å². The van der Waals surface area contributed by atoms with E-state index in [1.54, 1.807) is 16.8 Å². The molecule has 2 aromatic carbocycles. The molecule has 0 amide bonds. The summed E-state index contributed by atoms with van der Waals surface area (Å²) in [6.07, 6.45) is 4.34. The zero-order valence-corrected chi connectivity index (χ0v) is 18.0. The van der Waals surface area contributed by atoms with Gasteiger partial charge >= 0.3 is 0 Å². The monoisotopic (exact) mass is 431 g/mol. The topological polar surface area (TPSA) is 64.0 Å². The van der Waals surface area contributed by atoms with Crippen molar-refractivity contribution in [1.29, 1.82) is 0 Å². The van der Waals surface area contributed by atoms with E-state index in [9.17, 15) is 8.42 Å². The Kier molecular flexibility index (Phi) is 8.64. The van der Waals surface area contributed by atoms with Gasteiger partial charge in [-0.3, -0.25) is 0 Å². The third-order valence-electron chi connectivity index (χ3n) is 4.32. The number of benzene rings is 2. The minimum Gasteiger partial charge on any atom is -0.314 e. The fourth-order valence-electron chi connectivity index (χ4n) is 2.95. The fraction of sp³-hybridized carbons (Fsp3) is 0.227. The summed E-state index contributed by atoms with van der Waals surface area (Å²) >= 11 is 0. The van der Waals surface area contributed by atoms with Crippen LogP contribution in [0.3, 0.4) is 0 Å². The maximum Gasteiger partial charge on any atom is 0.198 e. The smallest absolute Gasteiger partial charge is 0.198 e. The Morgan fingerprint density at radius 1 is 0.966 bits per heavy atom. The Morgan fingerprint density at radius 3 is 2.21 bits per heavy atom. The highest BCUT2D eigenvalue weighted by Crippen LogP contribution is 2.16. The number of nitrogens with zero attached hydrogens (tertiary/aromatic N) is 2. The van der Waals surface area contributed by atoms with Gasteiger partial charge in [-0.05, 0) is 30.7 Å². The second-order valence-corrected chi connectivity index (χ2v) is 8.57. The third kappa shape index (κ3) is 6.56. The minimum absolute atomic E-state index is 0. The number of halogens is 1. The molecule has 0 aliphatic heterocycles. The summed E-state index contributed by atoms with van der Waals surface area (Å²) in [6, 6.07) is 21.4. The maximum absolute atomic E-state index is 12.9. The summed E-state index contributed by atoms with van der Waals surface area (Å²) in [7, 11) is -1.66. The predicted octanol–water partition coefficient (Wildman–Crippen LogP) is 3.65. The van der Waals surface area contributed by atoms with Crippen molar-refractivity contribution in [2.45, 2.75) is 24.5 Å². The molecule has 0 saturated heterocycles. The molecule has 29 heavy (non-hydrogen) atoms. The van der Waals surface area contributed by atoms with E-state index < -0.39 is 9.84 Å². The number of aromatic nitrogens is 2. The van der Waals surface area contributed by atoms with Crippen LogP contribution in [0.5, 0.6) is 0 Å². The molecule has 7 heteroatoms. The highest BCUT2D eigenvalue weighted by molar-refractivity contribution is 7.91.